The van der Waals surface area contributed by atoms with Gasteiger partial charge in [-0.25, -0.2) is 9.36 Å². The molecule has 16 nitrogen and oxygen atoms in total. The Hall–Kier alpha value is -4.90. The van der Waals surface area contributed by atoms with Gasteiger partial charge >= 0.3 is 11.9 Å². The molecule has 4 heterocycles. The van der Waals surface area contributed by atoms with Gasteiger partial charge in [0.15, 0.2) is 0 Å². The summed E-state index contributed by atoms with van der Waals surface area (Å²) in [6.07, 6.45) is 4.02. The second-order valence-electron chi connectivity index (χ2n) is 12.1. The van der Waals surface area contributed by atoms with Crippen LogP contribution < -0.4 is 20.1 Å². The number of ether oxygens (including phenoxy) is 4. The van der Waals surface area contributed by atoms with Crippen LogP contribution in [0.3, 0.4) is 0 Å². The number of nitrogens with one attached hydrogen (secondary N) is 2. The lowest BCUT2D eigenvalue weighted by Crippen LogP contribution is -2.29. The Kier molecular flexibility index (Phi) is 11.1. The SMILES string of the molecule is CCOc1cccc(COc2cc(Cn3cc(CO[C@H]4CN[C@H](C(=O)O)C4)nn3)cc(Cn3cc(CO[C@H]4CN[C@H](C(=O)O)C4)nn3)c2)c1. The van der Waals surface area contributed by atoms with Gasteiger partial charge in [-0.1, -0.05) is 28.6 Å². The van der Waals surface area contributed by atoms with Gasteiger partial charge in [-0.05, 0) is 47.9 Å². The van der Waals surface area contributed by atoms with Crippen LogP contribution in [0.25, 0.3) is 0 Å². The van der Waals surface area contributed by atoms with E-state index in [0.29, 0.717) is 69.4 Å². The Bertz CT molecular complexity index is 1630. The maximum absolute atomic E-state index is 11.2. The van der Waals surface area contributed by atoms with E-state index in [4.69, 9.17) is 18.9 Å². The van der Waals surface area contributed by atoms with E-state index in [1.54, 1.807) is 9.36 Å². The average Bonchev–Trinajstić information content (AvgIpc) is 3.90. The van der Waals surface area contributed by atoms with Gasteiger partial charge in [0, 0.05) is 25.9 Å². The first-order valence-electron chi connectivity index (χ1n) is 16.2. The van der Waals surface area contributed by atoms with Gasteiger partial charge in [0.2, 0.25) is 0 Å². The van der Waals surface area contributed by atoms with Gasteiger partial charge in [-0.15, -0.1) is 10.2 Å². The second kappa shape index (κ2) is 16.0. The topological polar surface area (TPSA) is 197 Å². The lowest BCUT2D eigenvalue weighted by molar-refractivity contribution is -0.140. The third kappa shape index (κ3) is 9.60. The Morgan fingerprint density at radius 3 is 1.82 bits per heavy atom. The number of benzene rings is 2. The van der Waals surface area contributed by atoms with E-state index in [9.17, 15) is 19.8 Å². The molecule has 0 bridgehead atoms. The molecule has 16 heteroatoms. The molecule has 0 radical (unpaired) electrons. The molecule has 4 N–H and O–H groups in total. The molecule has 260 valence electrons. The summed E-state index contributed by atoms with van der Waals surface area (Å²) in [7, 11) is 0. The molecule has 0 aliphatic carbocycles. The average molecular weight is 677 g/mol. The number of hydrogen-bond acceptors (Lipinski definition) is 12. The van der Waals surface area contributed by atoms with Gasteiger partial charge < -0.3 is 39.8 Å². The first-order chi connectivity index (χ1) is 23.8. The quantitative estimate of drug-likeness (QED) is 0.126. The van der Waals surface area contributed by atoms with E-state index in [0.717, 1.165) is 22.4 Å². The molecule has 2 aromatic heterocycles. The summed E-state index contributed by atoms with van der Waals surface area (Å²) >= 11 is 0. The second-order valence-corrected chi connectivity index (χ2v) is 12.1. The summed E-state index contributed by atoms with van der Waals surface area (Å²) < 4.78 is 27.1. The standard InChI is InChI=1S/C33H40N8O8/c1-2-46-26-5-3-4-21(7-26)18-47-27-8-22(14-40-16-24(36-38-40)19-48-28-10-30(32(42)43)34-12-28)6-23(9-27)15-41-17-25(37-39-41)20-49-29-11-31(33(44)45)35-13-29/h3-9,16-17,28-31,34-35H,2,10-15,18-20H2,1H3,(H,42,43)(H,44,45)/t28-,29-,30+,31+/m1/s1. The van der Waals surface area contributed by atoms with Crippen LogP contribution in [0.15, 0.2) is 54.9 Å². The highest BCUT2D eigenvalue weighted by atomic mass is 16.5. The number of nitrogens with zero attached hydrogens (tertiary/aromatic N) is 6. The minimum absolute atomic E-state index is 0.204. The molecule has 2 saturated heterocycles. The fourth-order valence-electron chi connectivity index (χ4n) is 5.83. The molecule has 6 rings (SSSR count). The molecule has 0 unspecified atom stereocenters. The van der Waals surface area contributed by atoms with Crippen molar-refractivity contribution in [1.29, 1.82) is 0 Å². The van der Waals surface area contributed by atoms with Crippen LogP contribution in [0.5, 0.6) is 11.5 Å². The zero-order chi connectivity index (χ0) is 34.2. The molecule has 0 saturated carbocycles. The van der Waals surface area contributed by atoms with E-state index in [2.05, 4.69) is 31.3 Å². The van der Waals surface area contributed by atoms with Crippen LogP contribution in [0, 0.1) is 0 Å². The molecule has 2 aromatic carbocycles. The zero-order valence-corrected chi connectivity index (χ0v) is 27.1. The molecule has 49 heavy (non-hydrogen) atoms. The summed E-state index contributed by atoms with van der Waals surface area (Å²) in [6, 6.07) is 12.6. The predicted molar refractivity (Wildman–Crippen MR) is 172 cm³/mol. The van der Waals surface area contributed by atoms with Crippen molar-refractivity contribution < 1.29 is 38.7 Å². The Morgan fingerprint density at radius 2 is 1.31 bits per heavy atom. The van der Waals surface area contributed by atoms with Crippen molar-refractivity contribution >= 4 is 11.9 Å². The number of aliphatic carboxylic acids is 2. The molecular weight excluding hydrogens is 636 g/mol. The molecule has 0 spiro atoms. The van der Waals surface area contributed by atoms with Crippen molar-refractivity contribution in [1.82, 2.24) is 40.6 Å². The lowest BCUT2D eigenvalue weighted by Gasteiger charge is -2.12. The Morgan fingerprint density at radius 1 is 0.755 bits per heavy atom. The summed E-state index contributed by atoms with van der Waals surface area (Å²) in [5.74, 6) is -0.305. The molecule has 4 aromatic rings. The number of aromatic nitrogens is 6. The van der Waals surface area contributed by atoms with E-state index < -0.39 is 24.0 Å². The van der Waals surface area contributed by atoms with Crippen LogP contribution in [-0.2, 0) is 52.0 Å². The third-order valence-corrected chi connectivity index (χ3v) is 8.21. The smallest absolute Gasteiger partial charge is 0.320 e. The number of carbonyl (C=O) groups is 2. The highest BCUT2D eigenvalue weighted by Crippen LogP contribution is 2.22. The third-order valence-electron chi connectivity index (χ3n) is 8.21. The highest BCUT2D eigenvalue weighted by molar-refractivity contribution is 5.74. The minimum Gasteiger partial charge on any atom is -0.494 e. The Labute approximate surface area is 282 Å². The van der Waals surface area contributed by atoms with Crippen molar-refractivity contribution in [3.63, 3.8) is 0 Å². The van der Waals surface area contributed by atoms with Crippen molar-refractivity contribution in [3.8, 4) is 11.5 Å². The van der Waals surface area contributed by atoms with Crippen LogP contribution in [0.2, 0.25) is 0 Å². The highest BCUT2D eigenvalue weighted by Gasteiger charge is 2.30. The molecule has 2 aliphatic rings. The molecular formula is C33H40N8O8. The number of carboxylic acids is 2. The van der Waals surface area contributed by atoms with Gasteiger partial charge in [-0.2, -0.15) is 0 Å². The maximum Gasteiger partial charge on any atom is 0.320 e. The predicted octanol–water partition coefficient (Wildman–Crippen LogP) is 1.61. The molecule has 4 atom stereocenters. The fourth-order valence-corrected chi connectivity index (χ4v) is 5.83. The summed E-state index contributed by atoms with van der Waals surface area (Å²) in [5, 5.41) is 41.3. The van der Waals surface area contributed by atoms with Crippen molar-refractivity contribution in [2.45, 2.75) is 77.0 Å². The van der Waals surface area contributed by atoms with Crippen molar-refractivity contribution in [2.24, 2.45) is 0 Å². The molecule has 2 aliphatic heterocycles. The monoisotopic (exact) mass is 676 g/mol. The van der Waals surface area contributed by atoms with Gasteiger partial charge in [-0.3, -0.25) is 9.59 Å². The van der Waals surface area contributed by atoms with Crippen LogP contribution in [0.1, 0.15) is 47.8 Å². The van der Waals surface area contributed by atoms with Crippen LogP contribution in [0.4, 0.5) is 0 Å². The van der Waals surface area contributed by atoms with Crippen molar-refractivity contribution in [3.05, 3.63) is 82.9 Å². The minimum atomic E-state index is -0.880. The van der Waals surface area contributed by atoms with Crippen LogP contribution >= 0.6 is 0 Å². The van der Waals surface area contributed by atoms with E-state index in [1.807, 2.05) is 61.8 Å². The summed E-state index contributed by atoms with van der Waals surface area (Å²) in [4.78, 5) is 22.4. The number of rotatable bonds is 17. The largest absolute Gasteiger partial charge is 0.494 e. The first-order valence-corrected chi connectivity index (χ1v) is 16.2. The zero-order valence-electron chi connectivity index (χ0n) is 27.1. The summed E-state index contributed by atoms with van der Waals surface area (Å²) in [6.45, 7) is 5.11. The maximum atomic E-state index is 11.2. The lowest BCUT2D eigenvalue weighted by atomic mass is 10.1. The Balaban J connectivity index is 1.11. The van der Waals surface area contributed by atoms with E-state index in [1.165, 1.54) is 0 Å². The fraction of sp³-hybridized carbons (Fsp3) is 0.455. The van der Waals surface area contributed by atoms with Gasteiger partial charge in [0.1, 0.15) is 41.6 Å². The number of hydrogen-bond donors (Lipinski definition) is 4. The van der Waals surface area contributed by atoms with Gasteiger partial charge in [0.05, 0.1) is 57.5 Å². The van der Waals surface area contributed by atoms with Crippen molar-refractivity contribution in [2.75, 3.05) is 19.7 Å². The van der Waals surface area contributed by atoms with E-state index in [-0.39, 0.29) is 25.4 Å². The molecule has 0 amide bonds. The molecule has 2 fully saturated rings. The van der Waals surface area contributed by atoms with Crippen LogP contribution in [-0.4, -0.2) is 96.1 Å². The van der Waals surface area contributed by atoms with Gasteiger partial charge in [0.25, 0.3) is 0 Å². The van der Waals surface area contributed by atoms with E-state index >= 15 is 0 Å². The number of carboxylic acid groups (broad SMARTS) is 2. The summed E-state index contributed by atoms with van der Waals surface area (Å²) in [5.41, 5.74) is 4.12. The first kappa shape index (κ1) is 34.0. The normalized spacial score (nSPS) is 20.4.